The molecule has 0 saturated carbocycles. The van der Waals surface area contributed by atoms with E-state index in [1.165, 1.54) is 69.2 Å². The molecular formula is C17H30N2O4. The molecule has 0 aliphatic heterocycles. The van der Waals surface area contributed by atoms with Crippen LogP contribution in [0.1, 0.15) is 72.6 Å². The van der Waals surface area contributed by atoms with Crippen molar-refractivity contribution in [2.45, 2.75) is 51.9 Å². The lowest BCUT2D eigenvalue weighted by molar-refractivity contribution is 0.0681. The average Bonchev–Trinajstić information content (AvgIpc) is 2.51. The lowest BCUT2D eigenvalue weighted by atomic mass is 10.1. The molecule has 1 aromatic rings. The van der Waals surface area contributed by atoms with Crippen LogP contribution in [0, 0.1) is 0 Å². The van der Waals surface area contributed by atoms with Crippen LogP contribution in [-0.2, 0) is 0 Å². The minimum Gasteiger partial charge on any atom is -0.478 e. The summed E-state index contributed by atoms with van der Waals surface area (Å²) in [5.41, 5.74) is 5.54. The zero-order valence-corrected chi connectivity index (χ0v) is 14.0. The highest BCUT2D eigenvalue weighted by atomic mass is 16.4. The highest BCUT2D eigenvalue weighted by Crippen LogP contribution is 2.05. The number of carboxylic acid groups (broad SMARTS) is 2. The van der Waals surface area contributed by atoms with Gasteiger partial charge in [-0.25, -0.2) is 9.59 Å². The second kappa shape index (κ2) is 15.0. The average molecular weight is 326 g/mol. The second-order valence-electron chi connectivity index (χ2n) is 5.10. The van der Waals surface area contributed by atoms with Crippen molar-refractivity contribution in [3.63, 3.8) is 0 Å². The summed E-state index contributed by atoms with van der Waals surface area (Å²) in [7, 11) is 0. The molecule has 1 rings (SSSR count). The molecule has 0 radical (unpaired) electrons. The molecule has 0 atom stereocenters. The first-order chi connectivity index (χ1) is 10.5. The molecule has 0 saturated heterocycles. The van der Waals surface area contributed by atoms with Gasteiger partial charge >= 0.3 is 11.9 Å². The van der Waals surface area contributed by atoms with Gasteiger partial charge in [-0.2, -0.15) is 0 Å². The third-order valence-electron chi connectivity index (χ3n) is 3.19. The molecule has 0 aromatic heterocycles. The summed E-state index contributed by atoms with van der Waals surface area (Å²) < 4.78 is 0. The number of carbonyl (C=O) groups is 2. The molecule has 6 heteroatoms. The fourth-order valence-electron chi connectivity index (χ4n) is 1.86. The van der Waals surface area contributed by atoms with E-state index in [9.17, 15) is 9.59 Å². The van der Waals surface area contributed by atoms with Gasteiger partial charge in [0, 0.05) is 0 Å². The van der Waals surface area contributed by atoms with Crippen LogP contribution in [0.15, 0.2) is 24.3 Å². The Kier molecular flexibility index (Phi) is 15.2. The Morgan fingerprint density at radius 2 is 1.17 bits per heavy atom. The van der Waals surface area contributed by atoms with Crippen LogP contribution in [0.2, 0.25) is 0 Å². The van der Waals surface area contributed by atoms with Crippen molar-refractivity contribution in [2.24, 2.45) is 5.73 Å². The quantitative estimate of drug-likeness (QED) is 0.507. The molecule has 132 valence electrons. The van der Waals surface area contributed by atoms with Crippen LogP contribution < -0.4 is 11.9 Å². The first-order valence-electron chi connectivity index (χ1n) is 7.79. The number of hydrogen-bond donors (Lipinski definition) is 4. The van der Waals surface area contributed by atoms with Crippen molar-refractivity contribution in [3.05, 3.63) is 35.4 Å². The lowest BCUT2D eigenvalue weighted by Gasteiger charge is -1.97. The van der Waals surface area contributed by atoms with E-state index in [4.69, 9.17) is 15.9 Å². The molecule has 0 fully saturated rings. The predicted molar refractivity (Wildman–Crippen MR) is 92.4 cm³/mol. The normalized spacial score (nSPS) is 9.30. The number of unbranched alkanes of at least 4 members (excludes halogenated alkanes) is 6. The summed E-state index contributed by atoms with van der Waals surface area (Å²) in [6.45, 7) is 3.12. The summed E-state index contributed by atoms with van der Waals surface area (Å²) in [5, 5.41) is 16.9. The largest absolute Gasteiger partial charge is 0.478 e. The van der Waals surface area contributed by atoms with Gasteiger partial charge in [-0.3, -0.25) is 0 Å². The molecule has 7 N–H and O–H groups in total. The molecule has 6 nitrogen and oxygen atoms in total. The highest BCUT2D eigenvalue weighted by Gasteiger charge is 2.04. The molecule has 0 spiro atoms. The molecule has 23 heavy (non-hydrogen) atoms. The maximum absolute atomic E-state index is 10.3. The van der Waals surface area contributed by atoms with Crippen LogP contribution in [0.25, 0.3) is 0 Å². The van der Waals surface area contributed by atoms with Gasteiger partial charge in [-0.1, -0.05) is 45.4 Å². The van der Waals surface area contributed by atoms with Crippen molar-refractivity contribution in [1.82, 2.24) is 6.15 Å². The van der Waals surface area contributed by atoms with E-state index in [1.54, 1.807) is 0 Å². The monoisotopic (exact) mass is 326 g/mol. The molecular weight excluding hydrogens is 296 g/mol. The minimum atomic E-state index is -1.06. The third kappa shape index (κ3) is 12.3. The molecule has 0 amide bonds. The van der Waals surface area contributed by atoms with Gasteiger partial charge in [0.15, 0.2) is 0 Å². The Morgan fingerprint density at radius 3 is 1.48 bits per heavy atom. The summed E-state index contributed by atoms with van der Waals surface area (Å²) in [6, 6.07) is 5.02. The Labute approximate surface area is 138 Å². The van der Waals surface area contributed by atoms with Gasteiger partial charge < -0.3 is 22.1 Å². The summed E-state index contributed by atoms with van der Waals surface area (Å²) >= 11 is 0. The zero-order valence-electron chi connectivity index (χ0n) is 14.0. The minimum absolute atomic E-state index is 0. The van der Waals surface area contributed by atoms with Gasteiger partial charge in [0.2, 0.25) is 0 Å². The van der Waals surface area contributed by atoms with Crippen molar-refractivity contribution in [3.8, 4) is 0 Å². The van der Waals surface area contributed by atoms with E-state index in [0.717, 1.165) is 6.54 Å². The van der Waals surface area contributed by atoms with E-state index in [2.05, 4.69) is 6.92 Å². The standard InChI is InChI=1S/C9H21N.C8H6O4.H3N/c1-2-3-4-5-6-7-8-9-10;9-7(10)5-1-2-6(4-3-5)8(11)12;/h2-10H2,1H3;1-4H,(H,9,10)(H,11,12);1H3. The molecule has 0 aliphatic rings. The number of rotatable bonds is 9. The van der Waals surface area contributed by atoms with E-state index in [1.807, 2.05) is 0 Å². The van der Waals surface area contributed by atoms with E-state index in [0.29, 0.717) is 0 Å². The number of nitrogens with two attached hydrogens (primary N) is 1. The fraction of sp³-hybridized carbons (Fsp3) is 0.529. The maximum atomic E-state index is 10.3. The van der Waals surface area contributed by atoms with Gasteiger partial charge in [0.05, 0.1) is 11.1 Å². The van der Waals surface area contributed by atoms with Gasteiger partial charge in [0.1, 0.15) is 0 Å². The van der Waals surface area contributed by atoms with Crippen molar-refractivity contribution in [1.29, 1.82) is 0 Å². The number of carboxylic acids is 2. The molecule has 0 heterocycles. The second-order valence-corrected chi connectivity index (χ2v) is 5.10. The molecule has 0 bridgehead atoms. The molecule has 0 aliphatic carbocycles. The van der Waals surface area contributed by atoms with Crippen LogP contribution in [0.5, 0.6) is 0 Å². The maximum Gasteiger partial charge on any atom is 0.335 e. The van der Waals surface area contributed by atoms with Gasteiger partial charge in [-0.05, 0) is 37.2 Å². The van der Waals surface area contributed by atoms with Crippen LogP contribution in [-0.4, -0.2) is 28.7 Å². The van der Waals surface area contributed by atoms with Gasteiger partial charge in [0.25, 0.3) is 0 Å². The highest BCUT2D eigenvalue weighted by molar-refractivity contribution is 5.91. The smallest absolute Gasteiger partial charge is 0.335 e. The Bertz CT molecular complexity index is 392. The molecule has 1 aromatic carbocycles. The van der Waals surface area contributed by atoms with Crippen LogP contribution >= 0.6 is 0 Å². The SMILES string of the molecule is CCCCCCCCCN.N.O=C(O)c1ccc(C(=O)O)cc1. The number of hydrogen-bond acceptors (Lipinski definition) is 4. The third-order valence-corrected chi connectivity index (χ3v) is 3.19. The van der Waals surface area contributed by atoms with Gasteiger partial charge in [-0.15, -0.1) is 0 Å². The lowest BCUT2D eigenvalue weighted by Crippen LogP contribution is -1.99. The summed E-state index contributed by atoms with van der Waals surface area (Å²) in [5.74, 6) is -2.13. The Balaban J connectivity index is 0. The topological polar surface area (TPSA) is 136 Å². The Morgan fingerprint density at radius 1 is 0.826 bits per heavy atom. The molecule has 0 unspecified atom stereocenters. The number of aromatic carboxylic acids is 2. The summed E-state index contributed by atoms with van der Waals surface area (Å²) in [4.78, 5) is 20.7. The zero-order chi connectivity index (χ0) is 16.8. The first-order valence-corrected chi connectivity index (χ1v) is 7.79. The van der Waals surface area contributed by atoms with Crippen molar-refractivity contribution in [2.75, 3.05) is 6.54 Å². The van der Waals surface area contributed by atoms with E-state index < -0.39 is 11.9 Å². The fourth-order valence-corrected chi connectivity index (χ4v) is 1.86. The van der Waals surface area contributed by atoms with Crippen LogP contribution in [0.3, 0.4) is 0 Å². The number of benzene rings is 1. The first kappa shape index (κ1) is 23.3. The summed E-state index contributed by atoms with van der Waals surface area (Å²) in [6.07, 6.45) is 9.51. The van der Waals surface area contributed by atoms with Crippen LogP contribution in [0.4, 0.5) is 0 Å². The van der Waals surface area contributed by atoms with E-state index >= 15 is 0 Å². The van der Waals surface area contributed by atoms with Crippen molar-refractivity contribution >= 4 is 11.9 Å². The Hall–Kier alpha value is -1.92. The van der Waals surface area contributed by atoms with Crippen molar-refractivity contribution < 1.29 is 19.8 Å². The van der Waals surface area contributed by atoms with E-state index in [-0.39, 0.29) is 17.3 Å². The predicted octanol–water partition coefficient (Wildman–Crippen LogP) is 3.94.